The zero-order chi connectivity index (χ0) is 15.8. The smallest absolute Gasteiger partial charge is 0.0734 e. The molecule has 1 saturated heterocycles. The van der Waals surface area contributed by atoms with Crippen molar-refractivity contribution in [3.05, 3.63) is 47.5 Å². The Labute approximate surface area is 137 Å². The van der Waals surface area contributed by atoms with Gasteiger partial charge < -0.3 is 9.84 Å². The zero-order valence-corrected chi connectivity index (χ0v) is 13.7. The number of ether oxygens (including phenoxy) is 1. The van der Waals surface area contributed by atoms with Gasteiger partial charge in [0.25, 0.3) is 0 Å². The molecule has 1 heterocycles. The van der Waals surface area contributed by atoms with Gasteiger partial charge in [-0.05, 0) is 47.6 Å². The fourth-order valence-corrected chi connectivity index (χ4v) is 4.33. The molecule has 3 nitrogen and oxygen atoms in total. The first-order valence-corrected chi connectivity index (χ1v) is 8.70. The minimum absolute atomic E-state index is 0.289. The lowest BCUT2D eigenvalue weighted by Crippen LogP contribution is -2.48. The Kier molecular flexibility index (Phi) is 4.10. The molecule has 2 aliphatic rings. The Bertz CT molecular complexity index is 699. The molecule has 0 radical (unpaired) electrons. The fraction of sp³-hybridized carbons (Fsp3) is 0.500. The summed E-state index contributed by atoms with van der Waals surface area (Å²) < 4.78 is 5.97. The van der Waals surface area contributed by atoms with Gasteiger partial charge in [0.15, 0.2) is 0 Å². The fourth-order valence-electron chi connectivity index (χ4n) is 4.33. The molecule has 3 atom stereocenters. The molecule has 1 N–H and O–H groups in total. The van der Waals surface area contributed by atoms with Crippen LogP contribution in [0.25, 0.3) is 10.8 Å². The van der Waals surface area contributed by atoms with Gasteiger partial charge in [-0.15, -0.1) is 0 Å². The Hall–Kier alpha value is -1.42. The van der Waals surface area contributed by atoms with Crippen LogP contribution in [-0.2, 0) is 11.3 Å². The predicted octanol–water partition coefficient (Wildman–Crippen LogP) is 3.12. The summed E-state index contributed by atoms with van der Waals surface area (Å²) in [5.41, 5.74) is 2.81. The summed E-state index contributed by atoms with van der Waals surface area (Å²) in [6.07, 6.45) is 2.37. The van der Waals surface area contributed by atoms with Crippen LogP contribution in [0.5, 0.6) is 0 Å². The number of aliphatic hydroxyl groups is 1. The monoisotopic (exact) mass is 311 g/mol. The van der Waals surface area contributed by atoms with E-state index in [1.54, 1.807) is 0 Å². The average molecular weight is 311 g/mol. The Morgan fingerprint density at radius 3 is 2.91 bits per heavy atom. The number of aliphatic hydroxyl groups excluding tert-OH is 1. The summed E-state index contributed by atoms with van der Waals surface area (Å²) in [6.45, 7) is 5.28. The van der Waals surface area contributed by atoms with Crippen molar-refractivity contribution in [1.29, 1.82) is 0 Å². The number of benzene rings is 2. The van der Waals surface area contributed by atoms with Crippen LogP contribution in [0.15, 0.2) is 36.4 Å². The van der Waals surface area contributed by atoms with Gasteiger partial charge in [0.05, 0.1) is 12.7 Å². The third-order valence-corrected chi connectivity index (χ3v) is 5.64. The minimum atomic E-state index is 0.289. The van der Waals surface area contributed by atoms with E-state index in [1.165, 1.54) is 21.9 Å². The highest BCUT2D eigenvalue weighted by atomic mass is 16.5. The van der Waals surface area contributed by atoms with Crippen molar-refractivity contribution in [2.24, 2.45) is 5.92 Å². The topological polar surface area (TPSA) is 32.7 Å². The lowest BCUT2D eigenvalue weighted by molar-refractivity contribution is -0.0589. The van der Waals surface area contributed by atoms with Crippen LogP contribution in [0.3, 0.4) is 0 Å². The van der Waals surface area contributed by atoms with Crippen molar-refractivity contribution < 1.29 is 9.84 Å². The zero-order valence-electron chi connectivity index (χ0n) is 13.7. The highest BCUT2D eigenvalue weighted by Crippen LogP contribution is 2.35. The number of fused-ring (bicyclic) bond motifs is 2. The first-order valence-electron chi connectivity index (χ1n) is 8.70. The second-order valence-corrected chi connectivity index (χ2v) is 7.05. The van der Waals surface area contributed by atoms with Gasteiger partial charge in [0.1, 0.15) is 0 Å². The van der Waals surface area contributed by atoms with E-state index in [0.29, 0.717) is 18.1 Å². The van der Waals surface area contributed by atoms with Gasteiger partial charge in [0, 0.05) is 25.7 Å². The van der Waals surface area contributed by atoms with E-state index in [0.717, 1.165) is 32.5 Å². The second kappa shape index (κ2) is 6.23. The van der Waals surface area contributed by atoms with E-state index in [4.69, 9.17) is 4.74 Å². The standard InChI is InChI=1S/C20H25NO2/c1-14-6-7-16-4-2-3-5-17(16)18(14)12-21-8-9-23-20-11-15(13-22)10-19(20)21/h2-7,15,19-20,22H,8-13H2,1H3/t15-,19+,20?/m1/s1. The molecule has 122 valence electrons. The van der Waals surface area contributed by atoms with Crippen molar-refractivity contribution in [3.8, 4) is 0 Å². The SMILES string of the molecule is Cc1ccc2ccccc2c1CN1CCOC2C[C@H](CO)C[C@@H]21. The maximum Gasteiger partial charge on any atom is 0.0734 e. The van der Waals surface area contributed by atoms with Gasteiger partial charge in [-0.2, -0.15) is 0 Å². The highest BCUT2D eigenvalue weighted by Gasteiger charge is 2.40. The third-order valence-electron chi connectivity index (χ3n) is 5.64. The lowest BCUT2D eigenvalue weighted by atomic mass is 9.98. The molecule has 1 aliphatic heterocycles. The molecule has 0 spiro atoms. The third kappa shape index (κ3) is 2.78. The number of hydrogen-bond donors (Lipinski definition) is 1. The lowest BCUT2D eigenvalue weighted by Gasteiger charge is -2.38. The Balaban J connectivity index is 1.64. The van der Waals surface area contributed by atoms with Crippen molar-refractivity contribution in [2.45, 2.75) is 38.5 Å². The molecule has 2 aromatic carbocycles. The Morgan fingerprint density at radius 2 is 2.04 bits per heavy atom. The molecule has 0 amide bonds. The first kappa shape index (κ1) is 15.1. The van der Waals surface area contributed by atoms with E-state index in [-0.39, 0.29) is 6.61 Å². The number of morpholine rings is 1. The van der Waals surface area contributed by atoms with Gasteiger partial charge in [-0.3, -0.25) is 4.90 Å². The van der Waals surface area contributed by atoms with E-state index in [2.05, 4.69) is 48.2 Å². The molecule has 0 bridgehead atoms. The van der Waals surface area contributed by atoms with Gasteiger partial charge in [-0.25, -0.2) is 0 Å². The minimum Gasteiger partial charge on any atom is -0.396 e. The van der Waals surface area contributed by atoms with Crippen molar-refractivity contribution >= 4 is 10.8 Å². The van der Waals surface area contributed by atoms with Gasteiger partial charge >= 0.3 is 0 Å². The molecule has 1 aliphatic carbocycles. The number of nitrogens with zero attached hydrogens (tertiary/aromatic N) is 1. The van der Waals surface area contributed by atoms with Crippen LogP contribution >= 0.6 is 0 Å². The molecule has 4 rings (SSSR count). The summed E-state index contributed by atoms with van der Waals surface area (Å²) in [5, 5.41) is 12.2. The summed E-state index contributed by atoms with van der Waals surface area (Å²) >= 11 is 0. The summed E-state index contributed by atoms with van der Waals surface area (Å²) in [6, 6.07) is 13.6. The molecule has 1 unspecified atom stereocenters. The molecule has 2 fully saturated rings. The van der Waals surface area contributed by atoms with E-state index >= 15 is 0 Å². The van der Waals surface area contributed by atoms with Crippen LogP contribution in [0.1, 0.15) is 24.0 Å². The number of aryl methyl sites for hydroxylation is 1. The van der Waals surface area contributed by atoms with E-state index in [9.17, 15) is 5.11 Å². The second-order valence-electron chi connectivity index (χ2n) is 7.05. The Morgan fingerprint density at radius 1 is 1.17 bits per heavy atom. The van der Waals surface area contributed by atoms with Gasteiger partial charge in [0.2, 0.25) is 0 Å². The van der Waals surface area contributed by atoms with E-state index in [1.807, 2.05) is 0 Å². The van der Waals surface area contributed by atoms with Crippen molar-refractivity contribution in [2.75, 3.05) is 19.8 Å². The molecule has 23 heavy (non-hydrogen) atoms. The van der Waals surface area contributed by atoms with Crippen molar-refractivity contribution in [3.63, 3.8) is 0 Å². The van der Waals surface area contributed by atoms with E-state index < -0.39 is 0 Å². The van der Waals surface area contributed by atoms with Crippen LogP contribution < -0.4 is 0 Å². The number of hydrogen-bond acceptors (Lipinski definition) is 3. The molecule has 2 aromatic rings. The van der Waals surface area contributed by atoms with Crippen LogP contribution in [0.4, 0.5) is 0 Å². The molecular formula is C20H25NO2. The average Bonchev–Trinajstić information content (AvgIpc) is 3.01. The summed E-state index contributed by atoms with van der Waals surface area (Å²) in [7, 11) is 0. The maximum atomic E-state index is 9.50. The molecule has 1 saturated carbocycles. The molecular weight excluding hydrogens is 286 g/mol. The summed E-state index contributed by atoms with van der Waals surface area (Å²) in [4.78, 5) is 2.58. The molecule has 3 heteroatoms. The van der Waals surface area contributed by atoms with Crippen LogP contribution in [0.2, 0.25) is 0 Å². The maximum absolute atomic E-state index is 9.50. The normalized spacial score (nSPS) is 28.2. The van der Waals surface area contributed by atoms with Crippen molar-refractivity contribution in [1.82, 2.24) is 4.90 Å². The summed E-state index contributed by atoms with van der Waals surface area (Å²) in [5.74, 6) is 0.402. The van der Waals surface area contributed by atoms with Crippen LogP contribution in [0, 0.1) is 12.8 Å². The first-order chi connectivity index (χ1) is 11.3. The van der Waals surface area contributed by atoms with Gasteiger partial charge in [-0.1, -0.05) is 36.4 Å². The largest absolute Gasteiger partial charge is 0.396 e. The molecule has 0 aromatic heterocycles. The van der Waals surface area contributed by atoms with Crippen LogP contribution in [-0.4, -0.2) is 41.9 Å². The predicted molar refractivity (Wildman–Crippen MR) is 92.4 cm³/mol. The number of rotatable bonds is 3. The highest BCUT2D eigenvalue weighted by molar-refractivity contribution is 5.86. The quantitative estimate of drug-likeness (QED) is 0.945.